The number of nitrogens with zero attached hydrogens (tertiary/aromatic N) is 2. The van der Waals surface area contributed by atoms with Crippen LogP contribution in [0.25, 0.3) is 0 Å². The lowest BCUT2D eigenvalue weighted by Gasteiger charge is -2.25. The first kappa shape index (κ1) is 15.6. The van der Waals surface area contributed by atoms with E-state index in [1.807, 2.05) is 39.0 Å². The van der Waals surface area contributed by atoms with Crippen molar-refractivity contribution in [3.05, 3.63) is 29.6 Å². The molecule has 0 radical (unpaired) electrons. The molecule has 1 unspecified atom stereocenters. The van der Waals surface area contributed by atoms with E-state index in [0.717, 1.165) is 11.4 Å². The summed E-state index contributed by atoms with van der Waals surface area (Å²) in [4.78, 5) is 18.6. The smallest absolute Gasteiger partial charge is 0.232 e. The van der Waals surface area contributed by atoms with Crippen molar-refractivity contribution in [3.8, 4) is 0 Å². The first-order valence-electron chi connectivity index (χ1n) is 6.29. The summed E-state index contributed by atoms with van der Waals surface area (Å²) in [5.74, 6) is -0.367. The quantitative estimate of drug-likeness (QED) is 0.836. The Bertz CT molecular complexity index is 474. The summed E-state index contributed by atoms with van der Waals surface area (Å²) in [5.41, 5.74) is 7.46. The highest BCUT2D eigenvalue weighted by atomic mass is 32.1. The minimum Gasteiger partial charge on any atom is -0.393 e. The Labute approximate surface area is 120 Å². The van der Waals surface area contributed by atoms with Crippen LogP contribution in [0.4, 0.5) is 0 Å². The molecule has 1 aromatic rings. The number of pyridine rings is 1. The number of hydrogen-bond donors (Lipinski definition) is 1. The molecule has 104 valence electrons. The van der Waals surface area contributed by atoms with Crippen molar-refractivity contribution >= 4 is 23.1 Å². The number of thiocarbonyl (C=S) groups is 1. The van der Waals surface area contributed by atoms with Gasteiger partial charge >= 0.3 is 0 Å². The second-order valence-electron chi connectivity index (χ2n) is 5.09. The van der Waals surface area contributed by atoms with Gasteiger partial charge in [-0.2, -0.15) is 0 Å². The minimum atomic E-state index is -0.412. The standard InChI is InChI=1S/C14H21N3OS/c1-9(2)12(13(15)19)14(18)17(4)8-11-7-5-6-10(3)16-11/h5-7,9,12H,8H2,1-4H3,(H2,15,19). The SMILES string of the molecule is Cc1cccc(CN(C)C(=O)C(C(N)=S)C(C)C)n1. The van der Waals surface area contributed by atoms with Gasteiger partial charge in [0, 0.05) is 12.7 Å². The average molecular weight is 279 g/mol. The predicted molar refractivity (Wildman–Crippen MR) is 80.6 cm³/mol. The number of aromatic nitrogens is 1. The van der Waals surface area contributed by atoms with Gasteiger partial charge < -0.3 is 10.6 Å². The maximum Gasteiger partial charge on any atom is 0.232 e. The number of amides is 1. The summed E-state index contributed by atoms with van der Waals surface area (Å²) in [5, 5.41) is 0. The van der Waals surface area contributed by atoms with Gasteiger partial charge in [0.25, 0.3) is 0 Å². The number of carbonyl (C=O) groups excluding carboxylic acids is 1. The molecule has 0 aliphatic heterocycles. The van der Waals surface area contributed by atoms with Gasteiger partial charge in [0.15, 0.2) is 0 Å². The summed E-state index contributed by atoms with van der Waals surface area (Å²) in [6, 6.07) is 5.77. The van der Waals surface area contributed by atoms with Crippen LogP contribution < -0.4 is 5.73 Å². The van der Waals surface area contributed by atoms with E-state index >= 15 is 0 Å². The van der Waals surface area contributed by atoms with Gasteiger partial charge in [-0.3, -0.25) is 9.78 Å². The van der Waals surface area contributed by atoms with E-state index in [9.17, 15) is 4.79 Å². The van der Waals surface area contributed by atoms with E-state index in [2.05, 4.69) is 4.98 Å². The first-order chi connectivity index (χ1) is 8.82. The lowest BCUT2D eigenvalue weighted by Crippen LogP contribution is -2.41. The molecule has 0 spiro atoms. The van der Waals surface area contributed by atoms with Crippen molar-refractivity contribution in [2.24, 2.45) is 17.6 Å². The van der Waals surface area contributed by atoms with Crippen LogP contribution >= 0.6 is 12.2 Å². The van der Waals surface area contributed by atoms with E-state index in [4.69, 9.17) is 18.0 Å². The third-order valence-corrected chi connectivity index (χ3v) is 3.21. The molecule has 1 atom stereocenters. The van der Waals surface area contributed by atoms with Crippen LogP contribution in [-0.2, 0) is 11.3 Å². The highest BCUT2D eigenvalue weighted by Gasteiger charge is 2.27. The van der Waals surface area contributed by atoms with E-state index in [0.29, 0.717) is 6.54 Å². The van der Waals surface area contributed by atoms with Gasteiger partial charge in [0.05, 0.1) is 23.1 Å². The molecule has 1 aromatic heterocycles. The molecule has 0 aromatic carbocycles. The fourth-order valence-corrected chi connectivity index (χ4v) is 2.35. The van der Waals surface area contributed by atoms with E-state index in [1.165, 1.54) is 0 Å². The van der Waals surface area contributed by atoms with Crippen LogP contribution in [0.3, 0.4) is 0 Å². The van der Waals surface area contributed by atoms with E-state index < -0.39 is 5.92 Å². The van der Waals surface area contributed by atoms with Crippen LogP contribution in [0.5, 0.6) is 0 Å². The Morgan fingerprint density at radius 3 is 2.58 bits per heavy atom. The molecule has 0 saturated heterocycles. The first-order valence-corrected chi connectivity index (χ1v) is 6.70. The van der Waals surface area contributed by atoms with Gasteiger partial charge in [0.1, 0.15) is 0 Å². The molecule has 1 rings (SSSR count). The molecule has 0 aliphatic rings. The van der Waals surface area contributed by atoms with Crippen LogP contribution in [-0.4, -0.2) is 27.8 Å². The highest BCUT2D eigenvalue weighted by molar-refractivity contribution is 7.80. The predicted octanol–water partition coefficient (Wildman–Crippen LogP) is 1.91. The Morgan fingerprint density at radius 1 is 1.47 bits per heavy atom. The summed E-state index contributed by atoms with van der Waals surface area (Å²) in [7, 11) is 1.75. The van der Waals surface area contributed by atoms with Crippen LogP contribution in [0.2, 0.25) is 0 Å². The zero-order valence-electron chi connectivity index (χ0n) is 11.9. The van der Waals surface area contributed by atoms with Crippen molar-refractivity contribution in [1.82, 2.24) is 9.88 Å². The van der Waals surface area contributed by atoms with E-state index in [1.54, 1.807) is 11.9 Å². The second kappa shape index (κ2) is 6.61. The Balaban J connectivity index is 2.79. The van der Waals surface area contributed by atoms with Crippen molar-refractivity contribution in [1.29, 1.82) is 0 Å². The lowest BCUT2D eigenvalue weighted by molar-refractivity contribution is -0.133. The third-order valence-electron chi connectivity index (χ3n) is 2.96. The molecule has 4 nitrogen and oxygen atoms in total. The molecular formula is C14H21N3OS. The Hall–Kier alpha value is -1.49. The molecule has 1 amide bonds. The van der Waals surface area contributed by atoms with Gasteiger partial charge in [0.2, 0.25) is 5.91 Å². The van der Waals surface area contributed by atoms with Crippen LogP contribution in [0.15, 0.2) is 18.2 Å². The fraction of sp³-hybridized carbons (Fsp3) is 0.500. The number of carbonyl (C=O) groups is 1. The zero-order valence-corrected chi connectivity index (χ0v) is 12.7. The third kappa shape index (κ3) is 4.28. The van der Waals surface area contributed by atoms with Crippen LogP contribution in [0, 0.1) is 18.8 Å². The molecule has 2 N–H and O–H groups in total. The zero-order chi connectivity index (χ0) is 14.6. The van der Waals surface area contributed by atoms with Gasteiger partial charge in [-0.15, -0.1) is 0 Å². The minimum absolute atomic E-state index is 0.0502. The normalized spacial score (nSPS) is 12.3. The van der Waals surface area contributed by atoms with Crippen molar-refractivity contribution < 1.29 is 4.79 Å². The molecule has 1 heterocycles. The summed E-state index contributed by atoms with van der Waals surface area (Å²) in [6.45, 7) is 6.28. The topological polar surface area (TPSA) is 59.2 Å². The second-order valence-corrected chi connectivity index (χ2v) is 5.56. The summed E-state index contributed by atoms with van der Waals surface area (Å²) >= 11 is 4.99. The number of nitrogens with two attached hydrogens (primary N) is 1. The maximum absolute atomic E-state index is 12.3. The highest BCUT2D eigenvalue weighted by Crippen LogP contribution is 2.15. The Morgan fingerprint density at radius 2 is 2.11 bits per heavy atom. The van der Waals surface area contributed by atoms with Gasteiger partial charge in [-0.1, -0.05) is 32.1 Å². The molecule has 0 saturated carbocycles. The van der Waals surface area contributed by atoms with Crippen molar-refractivity contribution in [2.75, 3.05) is 7.05 Å². The number of aryl methyl sites for hydroxylation is 1. The van der Waals surface area contributed by atoms with Crippen molar-refractivity contribution in [2.45, 2.75) is 27.3 Å². The van der Waals surface area contributed by atoms with Crippen molar-refractivity contribution in [3.63, 3.8) is 0 Å². The number of hydrogen-bond acceptors (Lipinski definition) is 3. The van der Waals surface area contributed by atoms with Gasteiger partial charge in [-0.25, -0.2) is 0 Å². The summed E-state index contributed by atoms with van der Waals surface area (Å²) in [6.07, 6.45) is 0. The molecule has 5 heteroatoms. The average Bonchev–Trinajstić information content (AvgIpc) is 2.27. The molecule has 0 fully saturated rings. The monoisotopic (exact) mass is 279 g/mol. The van der Waals surface area contributed by atoms with Crippen LogP contribution in [0.1, 0.15) is 25.2 Å². The molecular weight excluding hydrogens is 258 g/mol. The fourth-order valence-electron chi connectivity index (χ4n) is 1.98. The Kier molecular flexibility index (Phi) is 5.42. The largest absolute Gasteiger partial charge is 0.393 e. The number of rotatable bonds is 5. The van der Waals surface area contributed by atoms with E-state index in [-0.39, 0.29) is 16.8 Å². The molecule has 19 heavy (non-hydrogen) atoms. The maximum atomic E-state index is 12.3. The van der Waals surface area contributed by atoms with Gasteiger partial charge in [-0.05, 0) is 25.0 Å². The molecule has 0 aliphatic carbocycles. The molecule has 0 bridgehead atoms. The lowest BCUT2D eigenvalue weighted by atomic mass is 9.94. The summed E-state index contributed by atoms with van der Waals surface area (Å²) < 4.78 is 0.